The van der Waals surface area contributed by atoms with Gasteiger partial charge in [0.15, 0.2) is 0 Å². The van der Waals surface area contributed by atoms with Crippen LogP contribution < -0.4 is 10.6 Å². The topological polar surface area (TPSA) is 108 Å². The molecular formula is C18H22N4O4S2. The van der Waals surface area contributed by atoms with Crippen LogP contribution in [0.25, 0.3) is 0 Å². The van der Waals surface area contributed by atoms with E-state index in [1.165, 1.54) is 32.4 Å². The molecule has 0 bridgehead atoms. The predicted molar refractivity (Wildman–Crippen MR) is 107 cm³/mol. The van der Waals surface area contributed by atoms with E-state index >= 15 is 0 Å². The third kappa shape index (κ3) is 6.04. The number of sulfonamides is 1. The van der Waals surface area contributed by atoms with Gasteiger partial charge < -0.3 is 5.32 Å². The number of nitrogens with one attached hydrogen (secondary N) is 2. The number of carbonyl (C=O) groups is 2. The number of urea groups is 1. The van der Waals surface area contributed by atoms with Gasteiger partial charge in [0.25, 0.3) is 0 Å². The van der Waals surface area contributed by atoms with Crippen molar-refractivity contribution in [1.82, 2.24) is 19.9 Å². The highest BCUT2D eigenvalue weighted by Gasteiger charge is 2.20. The lowest BCUT2D eigenvalue weighted by atomic mass is 10.2. The van der Waals surface area contributed by atoms with Crippen LogP contribution >= 0.6 is 11.8 Å². The average molecular weight is 423 g/mol. The molecule has 0 saturated carbocycles. The van der Waals surface area contributed by atoms with Crippen molar-refractivity contribution in [3.63, 3.8) is 0 Å². The summed E-state index contributed by atoms with van der Waals surface area (Å²) in [6.45, 7) is 1.95. The number of imide groups is 1. The maximum Gasteiger partial charge on any atom is 0.321 e. The number of thioether (sulfide) groups is 1. The Balaban J connectivity index is 1.87. The van der Waals surface area contributed by atoms with Crippen molar-refractivity contribution in [3.05, 3.63) is 54.2 Å². The van der Waals surface area contributed by atoms with E-state index in [4.69, 9.17) is 0 Å². The molecule has 2 aromatic rings. The summed E-state index contributed by atoms with van der Waals surface area (Å²) in [4.78, 5) is 28.2. The number of pyridine rings is 1. The molecule has 2 N–H and O–H groups in total. The Hall–Kier alpha value is -2.43. The van der Waals surface area contributed by atoms with Crippen LogP contribution in [0.2, 0.25) is 0 Å². The third-order valence-corrected chi connectivity index (χ3v) is 6.54. The number of rotatable bonds is 7. The molecular weight excluding hydrogens is 400 g/mol. The van der Waals surface area contributed by atoms with E-state index < -0.39 is 27.2 Å². The van der Waals surface area contributed by atoms with E-state index in [0.29, 0.717) is 11.6 Å². The van der Waals surface area contributed by atoms with E-state index in [9.17, 15) is 18.0 Å². The summed E-state index contributed by atoms with van der Waals surface area (Å²) < 4.78 is 25.2. The summed E-state index contributed by atoms with van der Waals surface area (Å²) in [5.74, 6) is -0.470. The number of carbonyl (C=O) groups excluding carboxylic acids is 2. The van der Waals surface area contributed by atoms with Crippen LogP contribution in [-0.2, 0) is 21.4 Å². The third-order valence-electron chi connectivity index (χ3n) is 3.69. The fourth-order valence-corrected chi connectivity index (χ4v) is 3.71. The first-order valence-electron chi connectivity index (χ1n) is 8.38. The van der Waals surface area contributed by atoms with Crippen molar-refractivity contribution >= 4 is 33.7 Å². The van der Waals surface area contributed by atoms with Crippen molar-refractivity contribution < 1.29 is 18.0 Å². The van der Waals surface area contributed by atoms with Crippen molar-refractivity contribution in [2.75, 3.05) is 14.1 Å². The molecule has 1 aromatic heterocycles. The van der Waals surface area contributed by atoms with Gasteiger partial charge >= 0.3 is 6.03 Å². The van der Waals surface area contributed by atoms with Crippen LogP contribution in [0.3, 0.4) is 0 Å². The van der Waals surface area contributed by atoms with Gasteiger partial charge in [-0.15, -0.1) is 0 Å². The minimum atomic E-state index is -3.55. The predicted octanol–water partition coefficient (Wildman–Crippen LogP) is 1.84. The molecule has 0 radical (unpaired) electrons. The smallest absolute Gasteiger partial charge is 0.321 e. The molecule has 0 fully saturated rings. The minimum absolute atomic E-state index is 0.0687. The quantitative estimate of drug-likeness (QED) is 0.659. The summed E-state index contributed by atoms with van der Waals surface area (Å²) in [5.41, 5.74) is 0.921. The number of benzene rings is 1. The molecule has 8 nitrogen and oxygen atoms in total. The minimum Gasteiger partial charge on any atom is -0.334 e. The van der Waals surface area contributed by atoms with Gasteiger partial charge in [-0.1, -0.05) is 42.1 Å². The summed E-state index contributed by atoms with van der Waals surface area (Å²) in [7, 11) is -0.679. The second-order valence-electron chi connectivity index (χ2n) is 6.04. The molecule has 28 heavy (non-hydrogen) atoms. The first-order chi connectivity index (χ1) is 13.2. The highest BCUT2D eigenvalue weighted by Crippen LogP contribution is 2.22. The lowest BCUT2D eigenvalue weighted by Gasteiger charge is -2.13. The fourth-order valence-electron chi connectivity index (χ4n) is 2.07. The monoisotopic (exact) mass is 422 g/mol. The largest absolute Gasteiger partial charge is 0.334 e. The Labute approximate surface area is 168 Å². The molecule has 0 aliphatic rings. The maximum absolute atomic E-state index is 12.2. The normalized spacial score (nSPS) is 12.4. The van der Waals surface area contributed by atoms with Crippen LogP contribution in [0.4, 0.5) is 4.79 Å². The second kappa shape index (κ2) is 9.67. The fraction of sp³-hybridized carbons (Fsp3) is 0.278. The Bertz CT molecular complexity index is 916. The van der Waals surface area contributed by atoms with Crippen LogP contribution in [0.5, 0.6) is 0 Å². The Morgan fingerprint density at radius 2 is 1.82 bits per heavy atom. The average Bonchev–Trinajstić information content (AvgIpc) is 2.67. The van der Waals surface area contributed by atoms with Gasteiger partial charge in [0.2, 0.25) is 15.9 Å². The van der Waals surface area contributed by atoms with Gasteiger partial charge in [-0.2, -0.15) is 0 Å². The van der Waals surface area contributed by atoms with E-state index in [1.54, 1.807) is 6.92 Å². The van der Waals surface area contributed by atoms with Crippen molar-refractivity contribution in [2.45, 2.75) is 28.6 Å². The Morgan fingerprint density at radius 3 is 2.39 bits per heavy atom. The van der Waals surface area contributed by atoms with E-state index in [-0.39, 0.29) is 4.90 Å². The Morgan fingerprint density at radius 1 is 1.14 bits per heavy atom. The van der Waals surface area contributed by atoms with Gasteiger partial charge in [-0.3, -0.25) is 10.1 Å². The molecule has 2 rings (SSSR count). The summed E-state index contributed by atoms with van der Waals surface area (Å²) in [5, 5.41) is 4.78. The standard InChI is InChI=1S/C18H22N4O4S2/c1-13(17(23)21-18(24)20-11-14-7-5-4-6-8-14)27-16-10-9-15(12-19-16)28(25,26)22(2)3/h4-10,12-13H,11H2,1-3H3,(H2,20,21,23,24). The zero-order valence-electron chi connectivity index (χ0n) is 15.7. The molecule has 3 amide bonds. The number of nitrogens with zero attached hydrogens (tertiary/aromatic N) is 2. The van der Waals surface area contributed by atoms with Gasteiger partial charge in [0.05, 0.1) is 10.3 Å². The highest BCUT2D eigenvalue weighted by atomic mass is 32.2. The van der Waals surface area contributed by atoms with Gasteiger partial charge in [0, 0.05) is 26.8 Å². The van der Waals surface area contributed by atoms with Crippen molar-refractivity contribution in [2.24, 2.45) is 0 Å². The van der Waals surface area contributed by atoms with Gasteiger partial charge in [0.1, 0.15) is 4.90 Å². The SMILES string of the molecule is CC(Sc1ccc(S(=O)(=O)N(C)C)cn1)C(=O)NC(=O)NCc1ccccc1. The van der Waals surface area contributed by atoms with Crippen molar-refractivity contribution in [3.8, 4) is 0 Å². The molecule has 1 unspecified atom stereocenters. The maximum atomic E-state index is 12.2. The number of hydrogen-bond acceptors (Lipinski definition) is 6. The van der Waals surface area contributed by atoms with E-state index in [1.807, 2.05) is 30.3 Å². The summed E-state index contributed by atoms with van der Waals surface area (Å²) in [6.07, 6.45) is 1.24. The van der Waals surface area contributed by atoms with Crippen molar-refractivity contribution in [1.29, 1.82) is 0 Å². The van der Waals surface area contributed by atoms with E-state index in [0.717, 1.165) is 21.6 Å². The molecule has 0 aliphatic carbocycles. The zero-order valence-corrected chi connectivity index (χ0v) is 17.4. The molecule has 0 aliphatic heterocycles. The first kappa shape index (κ1) is 21.9. The first-order valence-corrected chi connectivity index (χ1v) is 10.7. The zero-order chi connectivity index (χ0) is 20.7. The lowest BCUT2D eigenvalue weighted by molar-refractivity contribution is -0.119. The van der Waals surface area contributed by atoms with Crippen LogP contribution in [0.1, 0.15) is 12.5 Å². The molecule has 1 heterocycles. The van der Waals surface area contributed by atoms with Crippen LogP contribution in [0, 0.1) is 0 Å². The van der Waals surface area contributed by atoms with Crippen LogP contribution in [0.15, 0.2) is 58.6 Å². The summed E-state index contributed by atoms with van der Waals surface area (Å²) in [6, 6.07) is 11.7. The second-order valence-corrected chi connectivity index (χ2v) is 9.55. The molecule has 10 heteroatoms. The summed E-state index contributed by atoms with van der Waals surface area (Å²) >= 11 is 1.12. The lowest BCUT2D eigenvalue weighted by Crippen LogP contribution is -2.42. The molecule has 0 saturated heterocycles. The Kier molecular flexibility index (Phi) is 7.55. The highest BCUT2D eigenvalue weighted by molar-refractivity contribution is 8.00. The van der Waals surface area contributed by atoms with Gasteiger partial charge in [-0.05, 0) is 24.6 Å². The number of aromatic nitrogens is 1. The molecule has 150 valence electrons. The van der Waals surface area contributed by atoms with Crippen LogP contribution in [-0.4, -0.2) is 49.0 Å². The van der Waals surface area contributed by atoms with E-state index in [2.05, 4.69) is 15.6 Å². The number of amides is 3. The molecule has 1 atom stereocenters. The molecule has 1 aromatic carbocycles. The molecule has 0 spiro atoms. The number of hydrogen-bond donors (Lipinski definition) is 2. The van der Waals surface area contributed by atoms with Gasteiger partial charge in [-0.25, -0.2) is 22.5 Å².